The van der Waals surface area contributed by atoms with Gasteiger partial charge in [-0.25, -0.2) is 13.1 Å². The van der Waals surface area contributed by atoms with Gasteiger partial charge in [0.25, 0.3) is 0 Å². The lowest BCUT2D eigenvalue weighted by atomic mass is 10.2. The number of aromatic nitrogens is 3. The molecule has 1 aromatic heterocycles. The molecule has 2 aromatic carbocycles. The van der Waals surface area contributed by atoms with Crippen LogP contribution in [0.5, 0.6) is 11.5 Å². The molecule has 0 amide bonds. The molecule has 0 aliphatic carbocycles. The minimum absolute atomic E-state index is 0.00797. The molecular formula is C19H22N4O4S2. The molecule has 1 heterocycles. The summed E-state index contributed by atoms with van der Waals surface area (Å²) in [5.74, 6) is 1.12. The minimum atomic E-state index is -3.88. The van der Waals surface area contributed by atoms with E-state index in [0.717, 1.165) is 11.3 Å². The lowest BCUT2D eigenvalue weighted by Crippen LogP contribution is -2.25. The number of nitrogens with zero attached hydrogens (tertiary/aromatic N) is 3. The molecular weight excluding hydrogens is 412 g/mol. The van der Waals surface area contributed by atoms with Crippen LogP contribution in [0.2, 0.25) is 0 Å². The second-order valence-electron chi connectivity index (χ2n) is 6.07. The molecule has 0 saturated heterocycles. The summed E-state index contributed by atoms with van der Waals surface area (Å²) < 4.78 is 40.7. The van der Waals surface area contributed by atoms with Crippen molar-refractivity contribution in [2.75, 3.05) is 20.5 Å². The zero-order valence-corrected chi connectivity index (χ0v) is 18.2. The van der Waals surface area contributed by atoms with E-state index in [0.29, 0.717) is 16.7 Å². The molecule has 1 N–H and O–H groups in total. The second-order valence-corrected chi connectivity index (χ2v) is 8.57. The van der Waals surface area contributed by atoms with Gasteiger partial charge in [0.15, 0.2) is 11.0 Å². The molecule has 0 saturated carbocycles. The van der Waals surface area contributed by atoms with Crippen molar-refractivity contribution in [2.24, 2.45) is 0 Å². The third kappa shape index (κ3) is 4.39. The largest absolute Gasteiger partial charge is 0.497 e. The predicted molar refractivity (Wildman–Crippen MR) is 111 cm³/mol. The second kappa shape index (κ2) is 8.85. The third-order valence-corrected chi connectivity index (χ3v) is 6.37. The van der Waals surface area contributed by atoms with Gasteiger partial charge in [-0.2, -0.15) is 0 Å². The molecule has 0 spiro atoms. The molecule has 3 aromatic rings. The highest BCUT2D eigenvalue weighted by Gasteiger charge is 2.22. The first-order valence-electron chi connectivity index (χ1n) is 8.67. The summed E-state index contributed by atoms with van der Waals surface area (Å²) in [6.07, 6.45) is 1.90. The maximum atomic E-state index is 12.9. The van der Waals surface area contributed by atoms with Crippen LogP contribution in [0, 0.1) is 6.92 Å². The fourth-order valence-corrected chi connectivity index (χ4v) is 4.51. The van der Waals surface area contributed by atoms with Gasteiger partial charge >= 0.3 is 0 Å². The van der Waals surface area contributed by atoms with E-state index in [-0.39, 0.29) is 17.2 Å². The summed E-state index contributed by atoms with van der Waals surface area (Å²) in [6.45, 7) is 1.94. The number of benzene rings is 2. The van der Waals surface area contributed by atoms with Crippen LogP contribution in [0.1, 0.15) is 11.4 Å². The van der Waals surface area contributed by atoms with Crippen LogP contribution in [0.15, 0.2) is 52.5 Å². The Labute approximate surface area is 174 Å². The van der Waals surface area contributed by atoms with E-state index in [9.17, 15) is 8.42 Å². The number of para-hydroxylation sites is 1. The van der Waals surface area contributed by atoms with E-state index in [2.05, 4.69) is 14.9 Å². The molecule has 0 radical (unpaired) electrons. The average molecular weight is 435 g/mol. The quantitative estimate of drug-likeness (QED) is 0.545. The van der Waals surface area contributed by atoms with Gasteiger partial charge in [-0.15, -0.1) is 10.2 Å². The molecule has 0 aliphatic heterocycles. The van der Waals surface area contributed by atoms with Crippen molar-refractivity contribution in [3.63, 3.8) is 0 Å². The van der Waals surface area contributed by atoms with Gasteiger partial charge in [0.2, 0.25) is 10.0 Å². The van der Waals surface area contributed by atoms with Gasteiger partial charge in [0.05, 0.1) is 26.5 Å². The third-order valence-electron chi connectivity index (χ3n) is 4.32. The number of nitrogens with one attached hydrogen (secondary N) is 1. The number of sulfonamides is 1. The lowest BCUT2D eigenvalue weighted by molar-refractivity contribution is 0.392. The maximum Gasteiger partial charge on any atom is 0.244 e. The highest BCUT2D eigenvalue weighted by molar-refractivity contribution is 7.98. The summed E-state index contributed by atoms with van der Waals surface area (Å²) in [5, 5.41) is 9.04. The Kier molecular flexibility index (Phi) is 6.46. The van der Waals surface area contributed by atoms with Gasteiger partial charge in [0.1, 0.15) is 16.4 Å². The zero-order valence-electron chi connectivity index (χ0n) is 16.5. The first kappa shape index (κ1) is 21.2. The van der Waals surface area contributed by atoms with Crippen molar-refractivity contribution >= 4 is 21.8 Å². The van der Waals surface area contributed by atoms with Gasteiger partial charge in [0, 0.05) is 6.07 Å². The van der Waals surface area contributed by atoms with Crippen LogP contribution in [-0.4, -0.2) is 43.7 Å². The van der Waals surface area contributed by atoms with Crippen LogP contribution in [-0.2, 0) is 16.6 Å². The average Bonchev–Trinajstić information content (AvgIpc) is 3.15. The normalized spacial score (nSPS) is 11.4. The Morgan fingerprint density at radius 1 is 1.10 bits per heavy atom. The lowest BCUT2D eigenvalue weighted by Gasteiger charge is -2.14. The molecule has 8 nitrogen and oxygen atoms in total. The van der Waals surface area contributed by atoms with Crippen molar-refractivity contribution < 1.29 is 17.9 Å². The Bertz CT molecular complexity index is 1110. The van der Waals surface area contributed by atoms with Gasteiger partial charge in [-0.1, -0.05) is 30.0 Å². The first-order chi connectivity index (χ1) is 13.9. The standard InChI is InChI=1S/C19H22N4O4S2/c1-13-7-5-6-8-15(13)23-18(21-22-19(23)28-4)12-20-29(24,25)17-11-14(26-2)9-10-16(17)27-3/h5-11,20H,12H2,1-4H3. The molecule has 3 rings (SSSR count). The van der Waals surface area contributed by atoms with E-state index >= 15 is 0 Å². The van der Waals surface area contributed by atoms with E-state index in [4.69, 9.17) is 9.47 Å². The number of thioether (sulfide) groups is 1. The summed E-state index contributed by atoms with van der Waals surface area (Å²) in [4.78, 5) is -0.00797. The van der Waals surface area contributed by atoms with Crippen molar-refractivity contribution in [2.45, 2.75) is 23.5 Å². The van der Waals surface area contributed by atoms with Crippen LogP contribution < -0.4 is 14.2 Å². The number of aryl methyl sites for hydroxylation is 1. The van der Waals surface area contributed by atoms with Crippen LogP contribution in [0.4, 0.5) is 0 Å². The van der Waals surface area contributed by atoms with Gasteiger partial charge < -0.3 is 9.47 Å². The monoisotopic (exact) mass is 434 g/mol. The molecule has 154 valence electrons. The Morgan fingerprint density at radius 2 is 1.86 bits per heavy atom. The fraction of sp³-hybridized carbons (Fsp3) is 0.263. The highest BCUT2D eigenvalue weighted by Crippen LogP contribution is 2.28. The number of ether oxygens (including phenoxy) is 2. The number of methoxy groups -OCH3 is 2. The topological polar surface area (TPSA) is 95.3 Å². The van der Waals surface area contributed by atoms with Crippen molar-refractivity contribution in [3.05, 3.63) is 53.9 Å². The molecule has 29 heavy (non-hydrogen) atoms. The fourth-order valence-electron chi connectivity index (χ4n) is 2.83. The molecule has 0 fully saturated rings. The number of hydrogen-bond acceptors (Lipinski definition) is 7. The predicted octanol–water partition coefficient (Wildman–Crippen LogP) is 2.79. The minimum Gasteiger partial charge on any atom is -0.497 e. The molecule has 0 aliphatic rings. The summed E-state index contributed by atoms with van der Waals surface area (Å²) in [6, 6.07) is 12.4. The highest BCUT2D eigenvalue weighted by atomic mass is 32.2. The Balaban J connectivity index is 1.95. The van der Waals surface area contributed by atoms with Crippen LogP contribution >= 0.6 is 11.8 Å². The van der Waals surface area contributed by atoms with E-state index in [1.165, 1.54) is 32.0 Å². The summed E-state index contributed by atoms with van der Waals surface area (Å²) in [5.41, 5.74) is 1.93. The summed E-state index contributed by atoms with van der Waals surface area (Å²) >= 11 is 1.44. The van der Waals surface area contributed by atoms with E-state index in [1.807, 2.05) is 42.0 Å². The molecule has 10 heteroatoms. The van der Waals surface area contributed by atoms with Crippen molar-refractivity contribution in [3.8, 4) is 17.2 Å². The summed E-state index contributed by atoms with van der Waals surface area (Å²) in [7, 11) is -0.994. The van der Waals surface area contributed by atoms with Gasteiger partial charge in [-0.3, -0.25) is 4.57 Å². The van der Waals surface area contributed by atoms with Crippen LogP contribution in [0.3, 0.4) is 0 Å². The molecule has 0 bridgehead atoms. The van der Waals surface area contributed by atoms with Crippen LogP contribution in [0.25, 0.3) is 5.69 Å². The van der Waals surface area contributed by atoms with E-state index in [1.54, 1.807) is 12.1 Å². The molecule has 0 unspecified atom stereocenters. The Morgan fingerprint density at radius 3 is 2.52 bits per heavy atom. The first-order valence-corrected chi connectivity index (χ1v) is 11.4. The van der Waals surface area contributed by atoms with Gasteiger partial charge in [-0.05, 0) is 36.9 Å². The Hall–Kier alpha value is -2.56. The SMILES string of the molecule is COc1ccc(OC)c(S(=O)(=O)NCc2nnc(SC)n2-c2ccccc2C)c1. The van der Waals surface area contributed by atoms with E-state index < -0.39 is 10.0 Å². The smallest absolute Gasteiger partial charge is 0.244 e. The van der Waals surface area contributed by atoms with Crippen molar-refractivity contribution in [1.29, 1.82) is 0 Å². The number of hydrogen-bond donors (Lipinski definition) is 1. The van der Waals surface area contributed by atoms with Crippen molar-refractivity contribution in [1.82, 2.24) is 19.5 Å². The zero-order chi connectivity index (χ0) is 21.0. The molecule has 0 atom stereocenters. The number of rotatable bonds is 8. The maximum absolute atomic E-state index is 12.9.